The quantitative estimate of drug-likeness (QED) is 0.771. The second-order valence-electron chi connectivity index (χ2n) is 7.54. The third kappa shape index (κ3) is 3.41. The number of benzene rings is 1. The van der Waals surface area contributed by atoms with Crippen molar-refractivity contribution in [2.45, 2.75) is 31.3 Å². The van der Waals surface area contributed by atoms with Crippen molar-refractivity contribution < 1.29 is 9.18 Å². The van der Waals surface area contributed by atoms with Crippen LogP contribution in [0.2, 0.25) is 5.15 Å². The predicted molar refractivity (Wildman–Crippen MR) is 107 cm³/mol. The zero-order valence-corrected chi connectivity index (χ0v) is 16.6. The van der Waals surface area contributed by atoms with Crippen molar-refractivity contribution in [1.82, 2.24) is 20.5 Å². The van der Waals surface area contributed by atoms with E-state index in [1.807, 2.05) is 12.1 Å². The van der Waals surface area contributed by atoms with E-state index in [0.717, 1.165) is 32.2 Å². The number of nitrogens with one attached hydrogen (secondary N) is 2. The van der Waals surface area contributed by atoms with Crippen molar-refractivity contribution in [2.24, 2.45) is 0 Å². The van der Waals surface area contributed by atoms with E-state index in [1.165, 1.54) is 17.2 Å². The van der Waals surface area contributed by atoms with E-state index in [2.05, 4.69) is 39.6 Å². The van der Waals surface area contributed by atoms with Crippen LogP contribution in [0.25, 0.3) is 0 Å². The van der Waals surface area contributed by atoms with Crippen LogP contribution < -0.4 is 10.6 Å². The van der Waals surface area contributed by atoms with Crippen molar-refractivity contribution in [3.8, 4) is 0 Å². The minimum Gasteiger partial charge on any atom is -0.349 e. The van der Waals surface area contributed by atoms with Gasteiger partial charge in [-0.05, 0) is 17.2 Å². The second kappa shape index (κ2) is 7.78. The van der Waals surface area contributed by atoms with Gasteiger partial charge in [-0.15, -0.1) is 0 Å². The van der Waals surface area contributed by atoms with Gasteiger partial charge in [-0.2, -0.15) is 0 Å². The number of halogens is 2. The van der Waals surface area contributed by atoms with E-state index in [4.69, 9.17) is 11.6 Å². The molecule has 1 aliphatic carbocycles. The first-order chi connectivity index (χ1) is 13.5. The Labute approximate surface area is 169 Å². The van der Waals surface area contributed by atoms with E-state index in [9.17, 15) is 9.18 Å². The first-order valence-corrected chi connectivity index (χ1v) is 10.0. The van der Waals surface area contributed by atoms with Crippen molar-refractivity contribution in [3.05, 3.63) is 64.2 Å². The highest BCUT2D eigenvalue weighted by Crippen LogP contribution is 2.44. The Morgan fingerprint density at radius 1 is 1.36 bits per heavy atom. The maximum absolute atomic E-state index is 13.6. The summed E-state index contributed by atoms with van der Waals surface area (Å²) in [6, 6.07) is 10.7. The molecule has 2 unspecified atom stereocenters. The van der Waals surface area contributed by atoms with Crippen LogP contribution in [0.1, 0.15) is 29.7 Å². The summed E-state index contributed by atoms with van der Waals surface area (Å²) >= 11 is 5.85. The van der Waals surface area contributed by atoms with Crippen LogP contribution in [-0.2, 0) is 17.8 Å². The summed E-state index contributed by atoms with van der Waals surface area (Å²) in [5, 5.41) is 6.46. The number of carbonyl (C=O) groups excluding carboxylic acids is 1. The molecule has 2 aromatic rings. The van der Waals surface area contributed by atoms with Gasteiger partial charge in [0.1, 0.15) is 16.5 Å². The topological polar surface area (TPSA) is 57.3 Å². The van der Waals surface area contributed by atoms with Crippen LogP contribution in [0.4, 0.5) is 4.39 Å². The maximum atomic E-state index is 13.6. The van der Waals surface area contributed by atoms with Gasteiger partial charge in [0, 0.05) is 44.6 Å². The molecule has 0 bridgehead atoms. The fourth-order valence-electron chi connectivity index (χ4n) is 4.62. The Morgan fingerprint density at radius 2 is 2.11 bits per heavy atom. The van der Waals surface area contributed by atoms with Crippen molar-refractivity contribution in [2.75, 3.05) is 26.2 Å². The largest absolute Gasteiger partial charge is 0.349 e. The summed E-state index contributed by atoms with van der Waals surface area (Å²) < 4.78 is 13.6. The number of amides is 1. The molecule has 148 valence electrons. The van der Waals surface area contributed by atoms with Crippen LogP contribution in [0.3, 0.4) is 0 Å². The number of hydrogen-bond donors (Lipinski definition) is 2. The normalized spacial score (nSPS) is 24.8. The highest BCUT2D eigenvalue weighted by Gasteiger charge is 2.53. The lowest BCUT2D eigenvalue weighted by Crippen LogP contribution is -2.64. The highest BCUT2D eigenvalue weighted by molar-refractivity contribution is 6.29. The smallest absolute Gasteiger partial charge is 0.241 e. The first-order valence-electron chi connectivity index (χ1n) is 9.64. The van der Waals surface area contributed by atoms with Crippen LogP contribution >= 0.6 is 11.6 Å². The Balaban J connectivity index is 1.61. The van der Waals surface area contributed by atoms with E-state index in [-0.39, 0.29) is 23.5 Å². The average Bonchev–Trinajstić information content (AvgIpc) is 3.00. The molecule has 1 amide bonds. The van der Waals surface area contributed by atoms with E-state index in [1.54, 1.807) is 0 Å². The molecule has 0 spiro atoms. The van der Waals surface area contributed by atoms with E-state index >= 15 is 0 Å². The SMILES string of the molecule is CC1c2ccccc2CC1(C(=O)NCc1cc(F)cc(Cl)n1)N1CCNCC1. The number of rotatable bonds is 4. The minimum atomic E-state index is -0.650. The summed E-state index contributed by atoms with van der Waals surface area (Å²) in [5.41, 5.74) is 2.21. The number of pyridine rings is 1. The molecular formula is C21H24ClFN4O. The zero-order chi connectivity index (χ0) is 19.7. The molecule has 1 aromatic carbocycles. The summed E-state index contributed by atoms with van der Waals surface area (Å²) in [7, 11) is 0. The average molecular weight is 403 g/mol. The highest BCUT2D eigenvalue weighted by atomic mass is 35.5. The minimum absolute atomic E-state index is 0.0414. The van der Waals surface area contributed by atoms with Gasteiger partial charge in [0.2, 0.25) is 5.91 Å². The third-order valence-electron chi connectivity index (χ3n) is 6.01. The zero-order valence-electron chi connectivity index (χ0n) is 15.8. The molecule has 0 radical (unpaired) electrons. The van der Waals surface area contributed by atoms with Crippen LogP contribution in [0.5, 0.6) is 0 Å². The molecule has 2 aliphatic rings. The van der Waals surface area contributed by atoms with Crippen LogP contribution in [0.15, 0.2) is 36.4 Å². The number of fused-ring (bicyclic) bond motifs is 1. The standard InChI is InChI=1S/C21H24ClFN4O/c1-14-18-5-3-2-4-15(18)12-21(14,27-8-6-24-7-9-27)20(28)25-13-17-10-16(23)11-19(22)26-17/h2-5,10-11,14,24H,6-9,12-13H2,1H3,(H,25,28). The van der Waals surface area contributed by atoms with Gasteiger partial charge in [0.05, 0.1) is 12.2 Å². The number of hydrogen-bond acceptors (Lipinski definition) is 4. The first kappa shape index (κ1) is 19.3. The van der Waals surface area contributed by atoms with Crippen LogP contribution in [-0.4, -0.2) is 47.5 Å². The summed E-state index contributed by atoms with van der Waals surface area (Å²) in [4.78, 5) is 20.0. The molecule has 28 heavy (non-hydrogen) atoms. The lowest BCUT2D eigenvalue weighted by Gasteiger charge is -2.45. The fraction of sp³-hybridized carbons (Fsp3) is 0.429. The number of piperazine rings is 1. The monoisotopic (exact) mass is 402 g/mol. The molecule has 0 saturated carbocycles. The van der Waals surface area contributed by atoms with Crippen molar-refractivity contribution >= 4 is 17.5 Å². The van der Waals surface area contributed by atoms with Gasteiger partial charge >= 0.3 is 0 Å². The third-order valence-corrected chi connectivity index (χ3v) is 6.21. The van der Waals surface area contributed by atoms with Crippen molar-refractivity contribution in [1.29, 1.82) is 0 Å². The summed E-state index contributed by atoms with van der Waals surface area (Å²) in [5.74, 6) is -0.436. The Kier molecular flexibility index (Phi) is 5.36. The molecule has 1 aromatic heterocycles. The number of carbonyl (C=O) groups is 1. The maximum Gasteiger partial charge on any atom is 0.241 e. The molecule has 1 fully saturated rings. The second-order valence-corrected chi connectivity index (χ2v) is 7.93. The van der Waals surface area contributed by atoms with E-state index in [0.29, 0.717) is 12.1 Å². The number of nitrogens with zero attached hydrogens (tertiary/aromatic N) is 2. The lowest BCUT2D eigenvalue weighted by molar-refractivity contribution is -0.135. The molecule has 5 nitrogen and oxygen atoms in total. The predicted octanol–water partition coefficient (Wildman–Crippen LogP) is 2.49. The molecule has 4 rings (SSSR count). The molecule has 1 aliphatic heterocycles. The van der Waals surface area contributed by atoms with Crippen molar-refractivity contribution in [3.63, 3.8) is 0 Å². The lowest BCUT2D eigenvalue weighted by atomic mass is 9.82. The Morgan fingerprint density at radius 3 is 2.82 bits per heavy atom. The molecule has 2 atom stereocenters. The number of aromatic nitrogens is 1. The Bertz CT molecular complexity index is 866. The van der Waals surface area contributed by atoms with Gasteiger partial charge in [-0.3, -0.25) is 9.69 Å². The summed E-state index contributed by atoms with van der Waals surface area (Å²) in [6.07, 6.45) is 0.674. The fourth-order valence-corrected chi connectivity index (χ4v) is 4.83. The van der Waals surface area contributed by atoms with Gasteiger partial charge in [0.25, 0.3) is 0 Å². The molecule has 7 heteroatoms. The van der Waals surface area contributed by atoms with E-state index < -0.39 is 11.4 Å². The van der Waals surface area contributed by atoms with Gasteiger partial charge in [-0.1, -0.05) is 42.8 Å². The van der Waals surface area contributed by atoms with Gasteiger partial charge < -0.3 is 10.6 Å². The molecular weight excluding hydrogens is 379 g/mol. The molecule has 2 N–H and O–H groups in total. The summed E-state index contributed by atoms with van der Waals surface area (Å²) in [6.45, 7) is 5.63. The Hall–Kier alpha value is -2.02. The van der Waals surface area contributed by atoms with Gasteiger partial charge in [-0.25, -0.2) is 9.37 Å². The molecule has 1 saturated heterocycles. The van der Waals surface area contributed by atoms with Crippen LogP contribution in [0, 0.1) is 5.82 Å². The molecule has 2 heterocycles. The van der Waals surface area contributed by atoms with Gasteiger partial charge in [0.15, 0.2) is 0 Å².